The smallest absolute Gasteiger partial charge is 0.258 e. The molecule has 0 spiro atoms. The summed E-state index contributed by atoms with van der Waals surface area (Å²) >= 11 is 0. The first kappa shape index (κ1) is 20.9. The van der Waals surface area contributed by atoms with Gasteiger partial charge in [-0.05, 0) is 44.2 Å². The highest BCUT2D eigenvalue weighted by molar-refractivity contribution is 6.06. The van der Waals surface area contributed by atoms with Crippen molar-refractivity contribution in [3.05, 3.63) is 42.0 Å². The molecule has 2 aromatic rings. The number of benzene rings is 2. The predicted octanol–water partition coefficient (Wildman–Crippen LogP) is 2.44. The van der Waals surface area contributed by atoms with Gasteiger partial charge < -0.3 is 30.6 Å². The minimum absolute atomic E-state index is 0.0214. The maximum Gasteiger partial charge on any atom is 0.258 e. The maximum atomic E-state index is 12.6. The second-order valence-corrected chi connectivity index (χ2v) is 6.28. The van der Waals surface area contributed by atoms with Gasteiger partial charge in [0, 0.05) is 17.7 Å². The second-order valence-electron chi connectivity index (χ2n) is 6.28. The molecule has 2 rings (SSSR count). The molecule has 0 heterocycles. The van der Waals surface area contributed by atoms with E-state index in [1.54, 1.807) is 30.3 Å². The molecule has 0 aromatic heterocycles. The molecule has 0 bridgehead atoms. The first-order valence-corrected chi connectivity index (χ1v) is 8.69. The lowest BCUT2D eigenvalue weighted by molar-refractivity contribution is -0.123. The van der Waals surface area contributed by atoms with Gasteiger partial charge in [0.05, 0.1) is 25.6 Å². The first-order valence-electron chi connectivity index (χ1n) is 8.69. The summed E-state index contributed by atoms with van der Waals surface area (Å²) in [6.07, 6.45) is 0. The highest BCUT2D eigenvalue weighted by atomic mass is 16.5. The van der Waals surface area contributed by atoms with Crippen molar-refractivity contribution in [2.75, 3.05) is 31.9 Å². The number of hydrogen-bond donors (Lipinski definition) is 3. The van der Waals surface area contributed by atoms with Crippen LogP contribution < -0.4 is 30.6 Å². The molecule has 2 amide bonds. The zero-order valence-corrected chi connectivity index (χ0v) is 16.4. The molecular weight excluding hydrogens is 362 g/mol. The number of nitrogens with one attached hydrogen (secondary N) is 2. The SMILES string of the molecule is COc1ccc(N)c(NC(=O)c2ccc(OCC(=O)NC(C)C)c(OC)c2)c1. The Bertz CT molecular complexity index is 852. The van der Waals surface area contributed by atoms with Gasteiger partial charge in [-0.2, -0.15) is 0 Å². The molecule has 0 aliphatic carbocycles. The van der Waals surface area contributed by atoms with Gasteiger partial charge >= 0.3 is 0 Å². The van der Waals surface area contributed by atoms with Crippen LogP contribution in [0.1, 0.15) is 24.2 Å². The van der Waals surface area contributed by atoms with Crippen molar-refractivity contribution in [1.29, 1.82) is 0 Å². The topological polar surface area (TPSA) is 112 Å². The van der Waals surface area contributed by atoms with Crippen LogP contribution in [0.2, 0.25) is 0 Å². The van der Waals surface area contributed by atoms with Gasteiger partial charge in [-0.1, -0.05) is 0 Å². The normalized spacial score (nSPS) is 10.3. The van der Waals surface area contributed by atoms with Crippen LogP contribution in [0, 0.1) is 0 Å². The summed E-state index contributed by atoms with van der Waals surface area (Å²) in [5.74, 6) is 0.655. The quantitative estimate of drug-likeness (QED) is 0.600. The summed E-state index contributed by atoms with van der Waals surface area (Å²) in [4.78, 5) is 24.3. The van der Waals surface area contributed by atoms with Crippen molar-refractivity contribution in [2.45, 2.75) is 19.9 Å². The number of nitrogen functional groups attached to an aromatic ring is 1. The second kappa shape index (κ2) is 9.50. The molecule has 0 saturated carbocycles. The number of rotatable bonds is 8. The zero-order chi connectivity index (χ0) is 20.7. The fraction of sp³-hybridized carbons (Fsp3) is 0.300. The molecule has 0 unspecified atom stereocenters. The molecular formula is C20H25N3O5. The number of anilines is 2. The van der Waals surface area contributed by atoms with E-state index in [4.69, 9.17) is 19.9 Å². The molecule has 28 heavy (non-hydrogen) atoms. The van der Waals surface area contributed by atoms with Crippen molar-refractivity contribution < 1.29 is 23.8 Å². The van der Waals surface area contributed by atoms with Crippen molar-refractivity contribution >= 4 is 23.2 Å². The van der Waals surface area contributed by atoms with E-state index in [1.807, 2.05) is 13.8 Å². The minimum Gasteiger partial charge on any atom is -0.497 e. The van der Waals surface area contributed by atoms with E-state index in [2.05, 4.69) is 10.6 Å². The predicted molar refractivity (Wildman–Crippen MR) is 107 cm³/mol. The van der Waals surface area contributed by atoms with Crippen molar-refractivity contribution in [3.8, 4) is 17.2 Å². The van der Waals surface area contributed by atoms with Gasteiger partial charge in [-0.25, -0.2) is 0 Å². The number of methoxy groups -OCH3 is 2. The van der Waals surface area contributed by atoms with E-state index in [9.17, 15) is 9.59 Å². The average molecular weight is 387 g/mol. The van der Waals surface area contributed by atoms with Gasteiger partial charge in [0.25, 0.3) is 11.8 Å². The number of carbonyl (C=O) groups is 2. The van der Waals surface area contributed by atoms with Crippen molar-refractivity contribution in [1.82, 2.24) is 5.32 Å². The summed E-state index contributed by atoms with van der Waals surface area (Å²) in [5.41, 5.74) is 7.10. The number of ether oxygens (including phenoxy) is 3. The number of carbonyl (C=O) groups excluding carboxylic acids is 2. The van der Waals surface area contributed by atoms with Gasteiger partial charge in [0.2, 0.25) is 0 Å². The lowest BCUT2D eigenvalue weighted by Crippen LogP contribution is -2.34. The van der Waals surface area contributed by atoms with Crippen LogP contribution in [0.25, 0.3) is 0 Å². The molecule has 4 N–H and O–H groups in total. The lowest BCUT2D eigenvalue weighted by atomic mass is 10.1. The first-order chi connectivity index (χ1) is 13.3. The Morgan fingerprint density at radius 3 is 2.43 bits per heavy atom. The molecule has 8 nitrogen and oxygen atoms in total. The van der Waals surface area contributed by atoms with Gasteiger partial charge in [0.15, 0.2) is 18.1 Å². The standard InChI is InChI=1S/C20H25N3O5/c1-12(2)22-19(24)11-28-17-8-5-13(9-18(17)27-4)20(25)23-16-10-14(26-3)6-7-15(16)21/h5-10,12H,11,21H2,1-4H3,(H,22,24)(H,23,25). The summed E-state index contributed by atoms with van der Waals surface area (Å²) < 4.78 is 15.9. The van der Waals surface area contributed by atoms with Crippen LogP contribution in [0.3, 0.4) is 0 Å². The van der Waals surface area contributed by atoms with E-state index in [1.165, 1.54) is 20.3 Å². The Labute approximate surface area is 164 Å². The molecule has 0 radical (unpaired) electrons. The summed E-state index contributed by atoms with van der Waals surface area (Å²) in [7, 11) is 2.99. The summed E-state index contributed by atoms with van der Waals surface area (Å²) in [6.45, 7) is 3.57. The molecule has 150 valence electrons. The highest BCUT2D eigenvalue weighted by Crippen LogP contribution is 2.29. The summed E-state index contributed by atoms with van der Waals surface area (Å²) in [5, 5.41) is 5.47. The Morgan fingerprint density at radius 2 is 1.79 bits per heavy atom. The third-order valence-electron chi connectivity index (χ3n) is 3.74. The fourth-order valence-corrected chi connectivity index (χ4v) is 2.40. The van der Waals surface area contributed by atoms with E-state index >= 15 is 0 Å². The van der Waals surface area contributed by atoms with E-state index in [0.717, 1.165) is 0 Å². The monoisotopic (exact) mass is 387 g/mol. The van der Waals surface area contributed by atoms with Crippen molar-refractivity contribution in [3.63, 3.8) is 0 Å². The summed E-state index contributed by atoms with van der Waals surface area (Å²) in [6, 6.07) is 9.68. The molecule has 2 aromatic carbocycles. The zero-order valence-electron chi connectivity index (χ0n) is 16.4. The van der Waals surface area contributed by atoms with Crippen LogP contribution >= 0.6 is 0 Å². The average Bonchev–Trinajstić information content (AvgIpc) is 2.67. The Balaban J connectivity index is 2.12. The number of nitrogens with two attached hydrogens (primary N) is 1. The van der Waals surface area contributed by atoms with Crippen LogP contribution in [-0.2, 0) is 4.79 Å². The fourth-order valence-electron chi connectivity index (χ4n) is 2.40. The maximum absolute atomic E-state index is 12.6. The molecule has 0 atom stereocenters. The molecule has 0 aliphatic heterocycles. The third kappa shape index (κ3) is 5.54. The largest absolute Gasteiger partial charge is 0.497 e. The molecule has 0 saturated heterocycles. The van der Waals surface area contributed by atoms with Crippen LogP contribution in [0.15, 0.2) is 36.4 Å². The minimum atomic E-state index is -0.373. The Morgan fingerprint density at radius 1 is 1.04 bits per heavy atom. The van der Waals surface area contributed by atoms with E-state index in [0.29, 0.717) is 34.2 Å². The molecule has 0 fully saturated rings. The Kier molecular flexibility index (Phi) is 7.08. The van der Waals surface area contributed by atoms with Gasteiger partial charge in [-0.3, -0.25) is 9.59 Å². The molecule has 8 heteroatoms. The van der Waals surface area contributed by atoms with Crippen molar-refractivity contribution in [2.24, 2.45) is 0 Å². The third-order valence-corrected chi connectivity index (χ3v) is 3.74. The van der Waals surface area contributed by atoms with Crippen LogP contribution in [0.5, 0.6) is 17.2 Å². The molecule has 0 aliphatic rings. The van der Waals surface area contributed by atoms with Crippen LogP contribution in [0.4, 0.5) is 11.4 Å². The van der Waals surface area contributed by atoms with Gasteiger partial charge in [-0.15, -0.1) is 0 Å². The highest BCUT2D eigenvalue weighted by Gasteiger charge is 2.14. The number of amides is 2. The van der Waals surface area contributed by atoms with E-state index < -0.39 is 0 Å². The lowest BCUT2D eigenvalue weighted by Gasteiger charge is -2.14. The van der Waals surface area contributed by atoms with Crippen LogP contribution in [-0.4, -0.2) is 38.7 Å². The number of hydrogen-bond acceptors (Lipinski definition) is 6. The Hall–Kier alpha value is -3.42. The van der Waals surface area contributed by atoms with Gasteiger partial charge in [0.1, 0.15) is 5.75 Å². The van der Waals surface area contributed by atoms with E-state index in [-0.39, 0.29) is 24.5 Å².